The van der Waals surface area contributed by atoms with Crippen molar-refractivity contribution in [1.29, 1.82) is 0 Å². The van der Waals surface area contributed by atoms with Gasteiger partial charge < -0.3 is 9.69 Å². The van der Waals surface area contributed by atoms with Gasteiger partial charge in [-0.1, -0.05) is 13.8 Å². The fourth-order valence-electron chi connectivity index (χ4n) is 1.22. The maximum Gasteiger partial charge on any atom is 0.222 e. The minimum Gasteiger partial charge on any atom is -0.343 e. The predicted octanol–water partition coefficient (Wildman–Crippen LogP) is 1.61. The van der Waals surface area contributed by atoms with E-state index in [-0.39, 0.29) is 5.91 Å². The number of nitrogens with zero attached hydrogens (tertiary/aromatic N) is 1. The van der Waals surface area contributed by atoms with Crippen LogP contribution in [0, 0.1) is 0 Å². The molecular formula is C10H19NO2. The van der Waals surface area contributed by atoms with Gasteiger partial charge in [-0.05, 0) is 12.8 Å². The molecule has 0 bridgehead atoms. The van der Waals surface area contributed by atoms with Gasteiger partial charge in [-0.3, -0.25) is 4.79 Å². The molecule has 0 aliphatic rings. The van der Waals surface area contributed by atoms with E-state index in [9.17, 15) is 9.59 Å². The third-order valence-corrected chi connectivity index (χ3v) is 1.90. The number of hydrogen-bond donors (Lipinski definition) is 0. The van der Waals surface area contributed by atoms with Crippen LogP contribution in [0.1, 0.15) is 39.5 Å². The van der Waals surface area contributed by atoms with Crippen molar-refractivity contribution in [2.45, 2.75) is 39.5 Å². The van der Waals surface area contributed by atoms with Gasteiger partial charge in [0, 0.05) is 25.9 Å². The smallest absolute Gasteiger partial charge is 0.222 e. The van der Waals surface area contributed by atoms with Crippen molar-refractivity contribution in [2.24, 2.45) is 0 Å². The lowest BCUT2D eigenvalue weighted by Crippen LogP contribution is -2.32. The summed E-state index contributed by atoms with van der Waals surface area (Å²) in [5.74, 6) is 0.188. The van der Waals surface area contributed by atoms with Gasteiger partial charge in [0.05, 0.1) is 0 Å². The quantitative estimate of drug-likeness (QED) is 0.446. The second-order valence-electron chi connectivity index (χ2n) is 3.04. The molecule has 0 heterocycles. The number of carbonyl (C=O) groups is 2. The zero-order chi connectivity index (χ0) is 10.1. The summed E-state index contributed by atoms with van der Waals surface area (Å²) in [5.41, 5.74) is 0. The highest BCUT2D eigenvalue weighted by Gasteiger charge is 2.08. The van der Waals surface area contributed by atoms with Crippen molar-refractivity contribution in [1.82, 2.24) is 4.90 Å². The molecular weight excluding hydrogens is 166 g/mol. The highest BCUT2D eigenvalue weighted by atomic mass is 16.2. The summed E-state index contributed by atoms with van der Waals surface area (Å²) in [6, 6.07) is 0. The number of rotatable bonds is 7. The fourth-order valence-corrected chi connectivity index (χ4v) is 1.22. The Morgan fingerprint density at radius 3 is 2.46 bits per heavy atom. The first kappa shape index (κ1) is 12.1. The van der Waals surface area contributed by atoms with Crippen LogP contribution in [-0.4, -0.2) is 30.2 Å². The number of aldehydes is 1. The van der Waals surface area contributed by atoms with Crippen LogP contribution in [-0.2, 0) is 9.59 Å². The Bertz CT molecular complexity index is 157. The third-order valence-electron chi connectivity index (χ3n) is 1.90. The molecule has 0 saturated carbocycles. The standard InChI is InChI=1S/C10H19NO2/c1-3-7-11(10(13)4-2)8-5-6-9-12/h9H,3-8H2,1-2H3. The van der Waals surface area contributed by atoms with Crippen LogP contribution in [0.15, 0.2) is 0 Å². The van der Waals surface area contributed by atoms with Crippen LogP contribution in [0.2, 0.25) is 0 Å². The monoisotopic (exact) mass is 185 g/mol. The zero-order valence-electron chi connectivity index (χ0n) is 8.58. The first-order chi connectivity index (χ1) is 6.26. The number of carbonyl (C=O) groups excluding carboxylic acids is 2. The Morgan fingerprint density at radius 2 is 2.00 bits per heavy atom. The molecule has 0 aromatic rings. The molecule has 0 radical (unpaired) electrons. The molecule has 0 rings (SSSR count). The molecule has 0 fully saturated rings. The van der Waals surface area contributed by atoms with Crippen LogP contribution < -0.4 is 0 Å². The second kappa shape index (κ2) is 7.77. The van der Waals surface area contributed by atoms with Crippen molar-refractivity contribution >= 4 is 12.2 Å². The fraction of sp³-hybridized carbons (Fsp3) is 0.800. The lowest BCUT2D eigenvalue weighted by Gasteiger charge is -2.20. The average molecular weight is 185 g/mol. The van der Waals surface area contributed by atoms with Gasteiger partial charge in [0.15, 0.2) is 0 Å². The van der Waals surface area contributed by atoms with Crippen LogP contribution in [0.3, 0.4) is 0 Å². The normalized spacial score (nSPS) is 9.69. The van der Waals surface area contributed by atoms with E-state index >= 15 is 0 Å². The van der Waals surface area contributed by atoms with Crippen molar-refractivity contribution in [3.05, 3.63) is 0 Å². The Balaban J connectivity index is 3.79. The van der Waals surface area contributed by atoms with Gasteiger partial charge in [-0.15, -0.1) is 0 Å². The maximum atomic E-state index is 11.3. The van der Waals surface area contributed by atoms with Gasteiger partial charge in [-0.2, -0.15) is 0 Å². The molecule has 0 atom stereocenters. The Morgan fingerprint density at radius 1 is 1.31 bits per heavy atom. The van der Waals surface area contributed by atoms with Crippen molar-refractivity contribution in [3.8, 4) is 0 Å². The van der Waals surface area contributed by atoms with Crippen molar-refractivity contribution in [3.63, 3.8) is 0 Å². The highest BCUT2D eigenvalue weighted by molar-refractivity contribution is 5.75. The van der Waals surface area contributed by atoms with E-state index in [2.05, 4.69) is 6.92 Å². The van der Waals surface area contributed by atoms with E-state index in [0.29, 0.717) is 12.8 Å². The van der Waals surface area contributed by atoms with E-state index in [0.717, 1.165) is 32.2 Å². The molecule has 1 amide bonds. The van der Waals surface area contributed by atoms with E-state index in [1.54, 1.807) is 0 Å². The predicted molar refractivity (Wildman–Crippen MR) is 52.5 cm³/mol. The molecule has 0 unspecified atom stereocenters. The summed E-state index contributed by atoms with van der Waals surface area (Å²) >= 11 is 0. The largest absolute Gasteiger partial charge is 0.343 e. The maximum absolute atomic E-state index is 11.3. The van der Waals surface area contributed by atoms with Gasteiger partial charge in [0.2, 0.25) is 5.91 Å². The minimum atomic E-state index is 0.188. The summed E-state index contributed by atoms with van der Waals surface area (Å²) in [5, 5.41) is 0. The second-order valence-corrected chi connectivity index (χ2v) is 3.04. The van der Waals surface area contributed by atoms with E-state index in [4.69, 9.17) is 0 Å². The average Bonchev–Trinajstić information content (AvgIpc) is 2.16. The van der Waals surface area contributed by atoms with Gasteiger partial charge in [-0.25, -0.2) is 0 Å². The van der Waals surface area contributed by atoms with E-state index < -0.39 is 0 Å². The molecule has 0 aliphatic carbocycles. The molecule has 0 N–H and O–H groups in total. The number of unbranched alkanes of at least 4 members (excludes halogenated alkanes) is 1. The van der Waals surface area contributed by atoms with Crippen LogP contribution in [0.5, 0.6) is 0 Å². The van der Waals surface area contributed by atoms with E-state index in [1.165, 1.54) is 0 Å². The molecule has 0 saturated heterocycles. The number of hydrogen-bond acceptors (Lipinski definition) is 2. The summed E-state index contributed by atoms with van der Waals surface area (Å²) in [7, 11) is 0. The first-order valence-electron chi connectivity index (χ1n) is 4.97. The first-order valence-corrected chi connectivity index (χ1v) is 4.97. The Labute approximate surface area is 80.1 Å². The molecule has 13 heavy (non-hydrogen) atoms. The lowest BCUT2D eigenvalue weighted by molar-refractivity contribution is -0.131. The van der Waals surface area contributed by atoms with Crippen LogP contribution in [0.25, 0.3) is 0 Å². The van der Waals surface area contributed by atoms with Crippen LogP contribution >= 0.6 is 0 Å². The summed E-state index contributed by atoms with van der Waals surface area (Å²) in [4.78, 5) is 23.3. The molecule has 0 aliphatic heterocycles. The Kier molecular flexibility index (Phi) is 7.26. The van der Waals surface area contributed by atoms with Crippen molar-refractivity contribution in [2.75, 3.05) is 13.1 Å². The topological polar surface area (TPSA) is 37.4 Å². The third kappa shape index (κ3) is 5.39. The Hall–Kier alpha value is -0.860. The number of amides is 1. The molecule has 76 valence electrons. The van der Waals surface area contributed by atoms with Gasteiger partial charge in [0.25, 0.3) is 0 Å². The molecule has 3 heteroatoms. The zero-order valence-corrected chi connectivity index (χ0v) is 8.58. The summed E-state index contributed by atoms with van der Waals surface area (Å²) in [6.45, 7) is 5.45. The van der Waals surface area contributed by atoms with E-state index in [1.807, 2.05) is 11.8 Å². The summed E-state index contributed by atoms with van der Waals surface area (Å²) in [6.07, 6.45) is 3.78. The van der Waals surface area contributed by atoms with Crippen LogP contribution in [0.4, 0.5) is 0 Å². The van der Waals surface area contributed by atoms with Crippen molar-refractivity contribution < 1.29 is 9.59 Å². The molecule has 0 spiro atoms. The molecule has 3 nitrogen and oxygen atoms in total. The van der Waals surface area contributed by atoms with Gasteiger partial charge in [0.1, 0.15) is 6.29 Å². The summed E-state index contributed by atoms with van der Waals surface area (Å²) < 4.78 is 0. The highest BCUT2D eigenvalue weighted by Crippen LogP contribution is 1.99. The minimum absolute atomic E-state index is 0.188. The van der Waals surface area contributed by atoms with Gasteiger partial charge >= 0.3 is 0 Å². The molecule has 0 aromatic carbocycles. The lowest BCUT2D eigenvalue weighted by atomic mass is 10.2. The molecule has 0 aromatic heterocycles. The SMILES string of the molecule is CCCN(CCCC=O)C(=O)CC.